The lowest BCUT2D eigenvalue weighted by molar-refractivity contribution is -0.130. The summed E-state index contributed by atoms with van der Waals surface area (Å²) in [6.07, 6.45) is 11.7. The molecule has 0 aliphatic heterocycles. The first-order chi connectivity index (χ1) is 28.6. The molecule has 0 saturated carbocycles. The number of carbonyl (C=O) groups is 2. The van der Waals surface area contributed by atoms with Gasteiger partial charge in [-0.05, 0) is 122 Å². The van der Waals surface area contributed by atoms with Gasteiger partial charge in [0.2, 0.25) is 9.84 Å². The van der Waals surface area contributed by atoms with Crippen molar-refractivity contribution < 1.29 is 27.5 Å². The number of carbonyl (C=O) groups excluding carboxylic acids is 2. The molecular weight excluding hydrogens is 761 g/mol. The van der Waals surface area contributed by atoms with E-state index in [9.17, 15) is 28.5 Å². The molecule has 0 amide bonds. The van der Waals surface area contributed by atoms with Gasteiger partial charge >= 0.3 is 11.9 Å². The Kier molecular flexibility index (Phi) is 18.0. The summed E-state index contributed by atoms with van der Waals surface area (Å²) in [6.45, 7) is 12.5. The van der Waals surface area contributed by atoms with Crippen LogP contribution in [0.25, 0.3) is 12.2 Å². The molecule has 0 bridgehead atoms. The van der Waals surface area contributed by atoms with Crippen LogP contribution >= 0.6 is 0 Å². The molecule has 4 rings (SSSR count). The van der Waals surface area contributed by atoms with Crippen molar-refractivity contribution in [1.29, 1.82) is 10.5 Å². The Morgan fingerprint density at radius 3 is 1.10 bits per heavy atom. The highest BCUT2D eigenvalue weighted by atomic mass is 32.2. The van der Waals surface area contributed by atoms with Crippen molar-refractivity contribution in [2.75, 3.05) is 36.0 Å². The van der Waals surface area contributed by atoms with Crippen molar-refractivity contribution in [2.24, 2.45) is 0 Å². The molecule has 4 aromatic rings. The summed E-state index contributed by atoms with van der Waals surface area (Å²) in [5.41, 5.74) is 3.10. The summed E-state index contributed by atoms with van der Waals surface area (Å²) < 4.78 is 37.7. The summed E-state index contributed by atoms with van der Waals surface area (Å²) in [5.74, 6) is -1.62. The van der Waals surface area contributed by atoms with Gasteiger partial charge in [-0.25, -0.2) is 18.0 Å². The van der Waals surface area contributed by atoms with Gasteiger partial charge in [0.25, 0.3) is 0 Å². The summed E-state index contributed by atoms with van der Waals surface area (Å²) in [6, 6.07) is 29.7. The van der Waals surface area contributed by atoms with E-state index in [0.717, 1.165) is 88.9 Å². The molecule has 0 radical (unpaired) electrons. The highest BCUT2D eigenvalue weighted by Crippen LogP contribution is 2.27. The molecule has 0 saturated heterocycles. The molecule has 0 atom stereocenters. The van der Waals surface area contributed by atoms with Crippen molar-refractivity contribution in [2.45, 2.75) is 88.9 Å². The number of hydrogen-bond donors (Lipinski definition) is 0. The molecule has 59 heavy (non-hydrogen) atoms. The van der Waals surface area contributed by atoms with Crippen LogP contribution in [0.3, 0.4) is 0 Å². The fourth-order valence-corrected chi connectivity index (χ4v) is 7.40. The van der Waals surface area contributed by atoms with Gasteiger partial charge in [0.15, 0.2) is 0 Å². The van der Waals surface area contributed by atoms with Crippen LogP contribution in [0.2, 0.25) is 0 Å². The smallest absolute Gasteiger partial charge is 0.354 e. The third-order valence-corrected chi connectivity index (χ3v) is 11.4. The number of hydrogen-bond acceptors (Lipinski definition) is 10. The minimum absolute atomic E-state index is 0.0633. The lowest BCUT2D eigenvalue weighted by Gasteiger charge is -2.24. The van der Waals surface area contributed by atoms with Crippen molar-refractivity contribution in [3.8, 4) is 23.6 Å². The molecule has 0 aliphatic carbocycles. The van der Waals surface area contributed by atoms with Gasteiger partial charge < -0.3 is 19.3 Å². The molecule has 0 aromatic heterocycles. The maximum Gasteiger partial charge on any atom is 0.354 e. The third kappa shape index (κ3) is 13.4. The zero-order chi connectivity index (χ0) is 42.6. The molecular formula is C48H54N4O6S. The fraction of sp³-hybridized carbons (Fsp3) is 0.333. The lowest BCUT2D eigenvalue weighted by atomic mass is 10.1. The second-order valence-corrected chi connectivity index (χ2v) is 16.1. The van der Waals surface area contributed by atoms with E-state index < -0.39 is 21.8 Å². The first-order valence-corrected chi connectivity index (χ1v) is 21.9. The number of anilines is 2. The topological polar surface area (TPSA) is 141 Å². The SMILES string of the molecule is CCCCN(CCCC)c1ccc(/C=C(\C#N)C(=O)Oc2ccc(S(=O)(=O)c3ccc(OC(=O)/C(C#N)=C/c4ccc(N(CCCC)CCCC)cc4)cc3)cc2)cc1. The number of esters is 2. The quantitative estimate of drug-likeness (QED) is 0.0326. The lowest BCUT2D eigenvalue weighted by Crippen LogP contribution is -2.25. The Morgan fingerprint density at radius 2 is 0.831 bits per heavy atom. The summed E-state index contributed by atoms with van der Waals surface area (Å²) in [5, 5.41) is 19.5. The van der Waals surface area contributed by atoms with Crippen LogP contribution in [0, 0.1) is 22.7 Å². The first kappa shape index (κ1) is 45.5. The average Bonchev–Trinajstić information content (AvgIpc) is 3.25. The van der Waals surface area contributed by atoms with Gasteiger partial charge in [-0.1, -0.05) is 77.6 Å². The van der Waals surface area contributed by atoms with Gasteiger partial charge in [-0.2, -0.15) is 10.5 Å². The molecule has 11 heteroatoms. The molecule has 10 nitrogen and oxygen atoms in total. The minimum atomic E-state index is -4.01. The van der Waals surface area contributed by atoms with Gasteiger partial charge in [0.1, 0.15) is 34.8 Å². The van der Waals surface area contributed by atoms with E-state index in [0.29, 0.717) is 11.1 Å². The zero-order valence-electron chi connectivity index (χ0n) is 34.5. The van der Waals surface area contributed by atoms with Gasteiger partial charge in [-0.15, -0.1) is 0 Å². The Hall–Kier alpha value is -6.17. The second kappa shape index (κ2) is 23.3. The highest BCUT2D eigenvalue weighted by Gasteiger charge is 2.20. The van der Waals surface area contributed by atoms with Crippen LogP contribution < -0.4 is 19.3 Å². The first-order valence-electron chi connectivity index (χ1n) is 20.4. The maximum absolute atomic E-state index is 13.4. The van der Waals surface area contributed by atoms with Crippen molar-refractivity contribution in [3.05, 3.63) is 119 Å². The van der Waals surface area contributed by atoms with E-state index in [1.807, 2.05) is 60.7 Å². The van der Waals surface area contributed by atoms with Gasteiger partial charge in [-0.3, -0.25) is 0 Å². The van der Waals surface area contributed by atoms with Crippen molar-refractivity contribution in [1.82, 2.24) is 0 Å². The number of unbranched alkanes of at least 4 members (excludes halogenated alkanes) is 4. The van der Waals surface area contributed by atoms with E-state index in [4.69, 9.17) is 9.47 Å². The van der Waals surface area contributed by atoms with Crippen LogP contribution in [0.4, 0.5) is 11.4 Å². The number of sulfone groups is 1. The predicted molar refractivity (Wildman–Crippen MR) is 234 cm³/mol. The largest absolute Gasteiger partial charge is 0.422 e. The van der Waals surface area contributed by atoms with E-state index in [2.05, 4.69) is 37.5 Å². The Morgan fingerprint density at radius 1 is 0.525 bits per heavy atom. The number of ether oxygens (including phenoxy) is 2. The number of rotatable bonds is 22. The number of benzene rings is 4. The standard InChI is InChI=1S/C48H54N4O6S/c1-5-9-29-51(30-10-6-2)41-17-13-37(14-18-41)33-39(35-49)47(53)57-43-21-25-45(26-22-43)59(55,56)46-27-23-44(24-28-46)58-48(54)40(36-50)34-38-15-19-42(20-16-38)52(31-11-7-3)32-12-8-4/h13-28,33-34H,5-12,29-32H2,1-4H3/b39-33+,40-34+. The Labute approximate surface area is 349 Å². The molecule has 308 valence electrons. The van der Waals surface area contributed by atoms with Crippen LogP contribution in [-0.4, -0.2) is 46.5 Å². The average molecular weight is 815 g/mol. The molecule has 0 heterocycles. The van der Waals surface area contributed by atoms with Crippen LogP contribution in [-0.2, 0) is 19.4 Å². The molecule has 4 aromatic carbocycles. The summed E-state index contributed by atoms with van der Waals surface area (Å²) in [7, 11) is -4.01. The fourth-order valence-electron chi connectivity index (χ4n) is 6.14. The van der Waals surface area contributed by atoms with Gasteiger partial charge in [0.05, 0.1) is 9.79 Å². The molecule has 0 N–H and O–H groups in total. The zero-order valence-corrected chi connectivity index (χ0v) is 35.3. The van der Waals surface area contributed by atoms with Crippen LogP contribution in [0.5, 0.6) is 11.5 Å². The maximum atomic E-state index is 13.4. The highest BCUT2D eigenvalue weighted by molar-refractivity contribution is 7.91. The van der Waals surface area contributed by atoms with E-state index in [1.54, 1.807) is 0 Å². The monoisotopic (exact) mass is 814 g/mol. The predicted octanol–water partition coefficient (Wildman–Crippen LogP) is 10.4. The van der Waals surface area contributed by atoms with E-state index in [1.165, 1.54) is 60.7 Å². The van der Waals surface area contributed by atoms with Crippen molar-refractivity contribution in [3.63, 3.8) is 0 Å². The summed E-state index contributed by atoms with van der Waals surface area (Å²) >= 11 is 0. The number of nitriles is 2. The molecule has 0 aliphatic rings. The molecule has 0 unspecified atom stereocenters. The van der Waals surface area contributed by atoms with Crippen LogP contribution in [0.1, 0.15) is 90.2 Å². The van der Waals surface area contributed by atoms with Crippen LogP contribution in [0.15, 0.2) is 118 Å². The Bertz CT molecular complexity index is 2060. The van der Waals surface area contributed by atoms with Crippen molar-refractivity contribution >= 4 is 45.3 Å². The Balaban J connectivity index is 1.38. The number of nitrogens with zero attached hydrogens (tertiary/aromatic N) is 4. The van der Waals surface area contributed by atoms with Gasteiger partial charge in [0, 0.05) is 37.6 Å². The summed E-state index contributed by atoms with van der Waals surface area (Å²) in [4.78, 5) is 30.4. The minimum Gasteiger partial charge on any atom is -0.422 e. The molecule has 0 fully saturated rings. The normalized spacial score (nSPS) is 11.6. The van der Waals surface area contributed by atoms with E-state index >= 15 is 0 Å². The second-order valence-electron chi connectivity index (χ2n) is 14.1. The third-order valence-electron chi connectivity index (χ3n) is 9.63. The van der Waals surface area contributed by atoms with E-state index in [-0.39, 0.29) is 32.4 Å². The molecule has 0 spiro atoms.